The van der Waals surface area contributed by atoms with Crippen LogP contribution in [0, 0.1) is 5.41 Å². The fraction of sp³-hybridized carbons (Fsp3) is 0.562. The molecule has 4 heteroatoms. The van der Waals surface area contributed by atoms with E-state index in [2.05, 4.69) is 46.0 Å². The van der Waals surface area contributed by atoms with Crippen molar-refractivity contribution in [3.8, 4) is 0 Å². The van der Waals surface area contributed by atoms with Crippen LogP contribution in [0.4, 0.5) is 0 Å². The van der Waals surface area contributed by atoms with Crippen LogP contribution in [0.1, 0.15) is 44.7 Å². The summed E-state index contributed by atoms with van der Waals surface area (Å²) in [5.74, 6) is -0.660. The number of nitrogens with zero attached hydrogens (tertiary/aromatic N) is 1. The largest absolute Gasteiger partial charge is 0.481 e. The van der Waals surface area contributed by atoms with Crippen molar-refractivity contribution < 1.29 is 9.90 Å². The molecule has 1 N–H and O–H groups in total. The fourth-order valence-electron chi connectivity index (χ4n) is 2.96. The maximum atomic E-state index is 11.3. The van der Waals surface area contributed by atoms with Crippen LogP contribution in [0.25, 0.3) is 0 Å². The standard InChI is InChI=1S/C16H22BrNO2/c1-3-14(12-5-4-6-13(17)11-12)18-9-7-16(2,8-10-18)15(19)20/h4-6,11,14H,3,7-10H2,1-2H3,(H,19,20). The Morgan fingerprint density at radius 2 is 2.10 bits per heavy atom. The van der Waals surface area contributed by atoms with E-state index < -0.39 is 11.4 Å². The minimum Gasteiger partial charge on any atom is -0.481 e. The molecule has 110 valence electrons. The molecule has 2 rings (SSSR count). The van der Waals surface area contributed by atoms with Gasteiger partial charge in [0.2, 0.25) is 0 Å². The first kappa shape index (κ1) is 15.5. The second kappa shape index (κ2) is 6.27. The minimum atomic E-state index is -0.660. The topological polar surface area (TPSA) is 40.5 Å². The summed E-state index contributed by atoms with van der Waals surface area (Å²) < 4.78 is 1.10. The molecule has 1 atom stereocenters. The SMILES string of the molecule is CCC(c1cccc(Br)c1)N1CCC(C)(C(=O)O)CC1. The molecule has 1 aliphatic rings. The highest BCUT2D eigenvalue weighted by Crippen LogP contribution is 2.36. The van der Waals surface area contributed by atoms with Gasteiger partial charge in [0, 0.05) is 10.5 Å². The molecule has 1 aromatic carbocycles. The van der Waals surface area contributed by atoms with Crippen LogP contribution in [-0.2, 0) is 4.79 Å². The van der Waals surface area contributed by atoms with Crippen LogP contribution >= 0.6 is 15.9 Å². The number of halogens is 1. The van der Waals surface area contributed by atoms with Crippen LogP contribution in [0.2, 0.25) is 0 Å². The van der Waals surface area contributed by atoms with Crippen LogP contribution < -0.4 is 0 Å². The Bertz CT molecular complexity index is 481. The van der Waals surface area contributed by atoms with Crippen molar-refractivity contribution in [2.75, 3.05) is 13.1 Å². The molecule has 0 radical (unpaired) electrons. The smallest absolute Gasteiger partial charge is 0.309 e. The summed E-state index contributed by atoms with van der Waals surface area (Å²) in [5, 5.41) is 9.31. The number of piperidine rings is 1. The maximum Gasteiger partial charge on any atom is 0.309 e. The zero-order chi connectivity index (χ0) is 14.8. The van der Waals surface area contributed by atoms with E-state index in [0.717, 1.165) is 36.8 Å². The molecule has 3 nitrogen and oxygen atoms in total. The number of hydrogen-bond acceptors (Lipinski definition) is 2. The Kier molecular flexibility index (Phi) is 4.86. The predicted molar refractivity (Wildman–Crippen MR) is 83.7 cm³/mol. The van der Waals surface area contributed by atoms with Gasteiger partial charge in [-0.2, -0.15) is 0 Å². The van der Waals surface area contributed by atoms with Crippen molar-refractivity contribution in [1.29, 1.82) is 0 Å². The predicted octanol–water partition coefficient (Wildman–Crippen LogP) is 4.09. The first-order chi connectivity index (χ1) is 9.46. The zero-order valence-electron chi connectivity index (χ0n) is 12.1. The minimum absolute atomic E-state index is 0.380. The Morgan fingerprint density at radius 3 is 2.60 bits per heavy atom. The Morgan fingerprint density at radius 1 is 1.45 bits per heavy atom. The molecule has 1 saturated heterocycles. The first-order valence-corrected chi connectivity index (χ1v) is 7.98. The molecule has 1 unspecified atom stereocenters. The number of hydrogen-bond donors (Lipinski definition) is 1. The van der Waals surface area contributed by atoms with Gasteiger partial charge in [-0.25, -0.2) is 0 Å². The number of aliphatic carboxylic acids is 1. The highest BCUT2D eigenvalue weighted by molar-refractivity contribution is 9.10. The van der Waals surface area contributed by atoms with Crippen LogP contribution in [0.15, 0.2) is 28.7 Å². The molecular formula is C16H22BrNO2. The third-order valence-electron chi connectivity index (χ3n) is 4.48. The van der Waals surface area contributed by atoms with Crippen molar-refractivity contribution in [2.45, 2.75) is 39.2 Å². The van der Waals surface area contributed by atoms with E-state index in [9.17, 15) is 9.90 Å². The number of likely N-dealkylation sites (tertiary alicyclic amines) is 1. The Hall–Kier alpha value is -0.870. The summed E-state index contributed by atoms with van der Waals surface area (Å²) in [6.07, 6.45) is 2.50. The van der Waals surface area contributed by atoms with E-state index in [-0.39, 0.29) is 0 Å². The molecule has 0 aliphatic carbocycles. The van der Waals surface area contributed by atoms with Crippen molar-refractivity contribution >= 4 is 21.9 Å². The van der Waals surface area contributed by atoms with Crippen LogP contribution in [-0.4, -0.2) is 29.1 Å². The second-order valence-electron chi connectivity index (χ2n) is 5.88. The normalized spacial score (nSPS) is 20.6. The van der Waals surface area contributed by atoms with Crippen molar-refractivity contribution in [3.63, 3.8) is 0 Å². The summed E-state index contributed by atoms with van der Waals surface area (Å²) in [7, 11) is 0. The second-order valence-corrected chi connectivity index (χ2v) is 6.80. The third-order valence-corrected chi connectivity index (χ3v) is 4.97. The van der Waals surface area contributed by atoms with Gasteiger partial charge < -0.3 is 5.11 Å². The average molecular weight is 340 g/mol. The molecule has 1 fully saturated rings. The van der Waals surface area contributed by atoms with Gasteiger partial charge in [0.05, 0.1) is 5.41 Å². The lowest BCUT2D eigenvalue weighted by Gasteiger charge is -2.40. The third kappa shape index (κ3) is 3.23. The number of benzene rings is 1. The molecule has 0 saturated carbocycles. The first-order valence-electron chi connectivity index (χ1n) is 7.19. The van der Waals surface area contributed by atoms with Gasteiger partial charge >= 0.3 is 5.97 Å². The molecule has 0 bridgehead atoms. The molecule has 20 heavy (non-hydrogen) atoms. The summed E-state index contributed by atoms with van der Waals surface area (Å²) in [6.45, 7) is 5.77. The summed E-state index contributed by atoms with van der Waals surface area (Å²) >= 11 is 3.52. The van der Waals surface area contributed by atoms with Gasteiger partial charge in [-0.1, -0.05) is 35.0 Å². The molecule has 0 aromatic heterocycles. The van der Waals surface area contributed by atoms with Gasteiger partial charge in [0.15, 0.2) is 0 Å². The summed E-state index contributed by atoms with van der Waals surface area (Å²) in [4.78, 5) is 13.7. The molecular weight excluding hydrogens is 318 g/mol. The zero-order valence-corrected chi connectivity index (χ0v) is 13.7. The Balaban J connectivity index is 2.10. The lowest BCUT2D eigenvalue weighted by atomic mass is 9.80. The molecule has 1 aromatic rings. The van der Waals surface area contributed by atoms with E-state index >= 15 is 0 Å². The number of carboxylic acids is 1. The van der Waals surface area contributed by atoms with E-state index in [1.165, 1.54) is 5.56 Å². The molecule has 0 spiro atoms. The van der Waals surface area contributed by atoms with E-state index in [1.807, 2.05) is 13.0 Å². The van der Waals surface area contributed by atoms with Crippen LogP contribution in [0.3, 0.4) is 0 Å². The van der Waals surface area contributed by atoms with E-state index in [4.69, 9.17) is 0 Å². The highest BCUT2D eigenvalue weighted by atomic mass is 79.9. The fourth-order valence-corrected chi connectivity index (χ4v) is 3.38. The van der Waals surface area contributed by atoms with Gasteiger partial charge in [0.1, 0.15) is 0 Å². The Labute approximate surface area is 129 Å². The lowest BCUT2D eigenvalue weighted by Crippen LogP contribution is -2.44. The number of carboxylic acid groups (broad SMARTS) is 1. The summed E-state index contributed by atoms with van der Waals surface area (Å²) in [5.41, 5.74) is 0.757. The van der Waals surface area contributed by atoms with Crippen molar-refractivity contribution in [2.24, 2.45) is 5.41 Å². The average Bonchev–Trinajstić information content (AvgIpc) is 2.42. The molecule has 0 amide bonds. The number of rotatable bonds is 4. The maximum absolute atomic E-state index is 11.3. The van der Waals surface area contributed by atoms with Crippen LogP contribution in [0.5, 0.6) is 0 Å². The van der Waals surface area contributed by atoms with E-state index in [1.54, 1.807) is 0 Å². The quantitative estimate of drug-likeness (QED) is 0.898. The molecule has 1 heterocycles. The van der Waals surface area contributed by atoms with Crippen molar-refractivity contribution in [1.82, 2.24) is 4.90 Å². The molecule has 1 aliphatic heterocycles. The van der Waals surface area contributed by atoms with Crippen molar-refractivity contribution in [3.05, 3.63) is 34.3 Å². The number of carbonyl (C=O) groups is 1. The summed E-state index contributed by atoms with van der Waals surface area (Å²) in [6, 6.07) is 8.80. The van der Waals surface area contributed by atoms with Gasteiger partial charge in [0.25, 0.3) is 0 Å². The van der Waals surface area contributed by atoms with Gasteiger partial charge in [-0.3, -0.25) is 9.69 Å². The van der Waals surface area contributed by atoms with Gasteiger partial charge in [-0.05, 0) is 57.0 Å². The lowest BCUT2D eigenvalue weighted by molar-refractivity contribution is -0.151. The van der Waals surface area contributed by atoms with E-state index in [0.29, 0.717) is 6.04 Å². The monoisotopic (exact) mass is 339 g/mol. The van der Waals surface area contributed by atoms with Gasteiger partial charge in [-0.15, -0.1) is 0 Å². The highest BCUT2D eigenvalue weighted by Gasteiger charge is 2.38.